The number of rotatable bonds is 5. The van der Waals surface area contributed by atoms with E-state index in [1.807, 2.05) is 6.92 Å². The highest BCUT2D eigenvalue weighted by atomic mass is 35.5. The summed E-state index contributed by atoms with van der Waals surface area (Å²) in [4.78, 5) is 14.9. The van der Waals surface area contributed by atoms with Crippen LogP contribution in [0.25, 0.3) is 0 Å². The van der Waals surface area contributed by atoms with Gasteiger partial charge in [0.1, 0.15) is 0 Å². The third-order valence-corrected chi connectivity index (χ3v) is 3.51. The summed E-state index contributed by atoms with van der Waals surface area (Å²) in [7, 11) is 0. The zero-order valence-electron chi connectivity index (χ0n) is 11.8. The lowest BCUT2D eigenvalue weighted by atomic mass is 10.0. The van der Waals surface area contributed by atoms with Crippen LogP contribution in [0.5, 0.6) is 6.01 Å². The second kappa shape index (κ2) is 6.37. The molecule has 1 aliphatic rings. The maximum atomic E-state index is 5.97. The first kappa shape index (κ1) is 14.3. The van der Waals surface area contributed by atoms with E-state index in [2.05, 4.69) is 33.7 Å². The summed E-state index contributed by atoms with van der Waals surface area (Å²) in [5.41, 5.74) is 0. The molecule has 19 heavy (non-hydrogen) atoms. The first-order valence-electron chi connectivity index (χ1n) is 6.92. The van der Waals surface area contributed by atoms with Gasteiger partial charge >= 0.3 is 6.01 Å². The van der Waals surface area contributed by atoms with Gasteiger partial charge in [0.05, 0.1) is 6.61 Å². The van der Waals surface area contributed by atoms with E-state index >= 15 is 0 Å². The molecule has 2 heterocycles. The van der Waals surface area contributed by atoms with Crippen molar-refractivity contribution in [1.82, 2.24) is 15.0 Å². The van der Waals surface area contributed by atoms with Crippen molar-refractivity contribution in [3.63, 3.8) is 0 Å². The van der Waals surface area contributed by atoms with Crippen molar-refractivity contribution in [3.8, 4) is 6.01 Å². The van der Waals surface area contributed by atoms with Crippen molar-refractivity contribution in [3.05, 3.63) is 5.28 Å². The molecule has 0 aliphatic carbocycles. The Morgan fingerprint density at radius 3 is 2.84 bits per heavy atom. The van der Waals surface area contributed by atoms with E-state index in [9.17, 15) is 0 Å². The fraction of sp³-hybridized carbons (Fsp3) is 0.769. The Balaban J connectivity index is 2.21. The third kappa shape index (κ3) is 3.47. The zero-order valence-corrected chi connectivity index (χ0v) is 12.5. The Morgan fingerprint density at radius 1 is 1.37 bits per heavy atom. The number of halogens is 1. The van der Waals surface area contributed by atoms with Gasteiger partial charge in [0.25, 0.3) is 0 Å². The number of aromatic nitrogens is 3. The average Bonchev–Trinajstić information content (AvgIpc) is 2.85. The molecule has 0 aromatic carbocycles. The molecular formula is C13H21ClN4O. The lowest BCUT2D eigenvalue weighted by Gasteiger charge is -2.27. The summed E-state index contributed by atoms with van der Waals surface area (Å²) in [5.74, 6) is 1.21. The van der Waals surface area contributed by atoms with Crippen molar-refractivity contribution in [2.24, 2.45) is 5.92 Å². The van der Waals surface area contributed by atoms with Gasteiger partial charge in [-0.2, -0.15) is 15.0 Å². The van der Waals surface area contributed by atoms with Gasteiger partial charge in [-0.3, -0.25) is 0 Å². The molecule has 0 spiro atoms. The minimum Gasteiger partial charge on any atom is -0.463 e. The minimum atomic E-state index is 0.200. The summed E-state index contributed by atoms with van der Waals surface area (Å²) in [6.45, 7) is 8.04. The second-order valence-electron chi connectivity index (χ2n) is 5.18. The van der Waals surface area contributed by atoms with Gasteiger partial charge < -0.3 is 9.64 Å². The van der Waals surface area contributed by atoms with Crippen molar-refractivity contribution in [2.45, 2.75) is 46.1 Å². The molecule has 1 aromatic rings. The maximum absolute atomic E-state index is 5.97. The molecular weight excluding hydrogens is 264 g/mol. The molecule has 106 valence electrons. The Hall–Kier alpha value is -1.10. The first-order chi connectivity index (χ1) is 9.11. The Bertz CT molecular complexity index is 427. The van der Waals surface area contributed by atoms with Crippen molar-refractivity contribution >= 4 is 17.5 Å². The van der Waals surface area contributed by atoms with E-state index in [1.165, 1.54) is 6.42 Å². The van der Waals surface area contributed by atoms with Crippen LogP contribution in [-0.2, 0) is 0 Å². The highest BCUT2D eigenvalue weighted by Gasteiger charge is 2.29. The van der Waals surface area contributed by atoms with Crippen LogP contribution in [0.15, 0.2) is 0 Å². The topological polar surface area (TPSA) is 51.1 Å². The third-order valence-electron chi connectivity index (χ3n) is 3.34. The summed E-state index contributed by atoms with van der Waals surface area (Å²) in [6, 6.07) is 0.795. The number of nitrogens with zero attached hydrogens (tertiary/aromatic N) is 4. The monoisotopic (exact) mass is 284 g/mol. The number of anilines is 1. The van der Waals surface area contributed by atoms with Gasteiger partial charge in [0, 0.05) is 12.6 Å². The van der Waals surface area contributed by atoms with Crippen LogP contribution in [0.4, 0.5) is 5.95 Å². The molecule has 0 bridgehead atoms. The SMILES string of the molecule is CCCOc1nc(Cl)nc(N2CCCC2C(C)C)n1. The Labute approximate surface area is 119 Å². The maximum Gasteiger partial charge on any atom is 0.322 e. The predicted molar refractivity (Wildman–Crippen MR) is 75.8 cm³/mol. The fourth-order valence-electron chi connectivity index (χ4n) is 2.44. The van der Waals surface area contributed by atoms with Gasteiger partial charge in [-0.05, 0) is 36.8 Å². The average molecular weight is 285 g/mol. The van der Waals surface area contributed by atoms with Gasteiger partial charge in [0.2, 0.25) is 11.2 Å². The van der Waals surface area contributed by atoms with E-state index in [1.54, 1.807) is 0 Å². The summed E-state index contributed by atoms with van der Waals surface area (Å²) < 4.78 is 5.46. The summed E-state index contributed by atoms with van der Waals surface area (Å²) in [6.07, 6.45) is 3.25. The zero-order chi connectivity index (χ0) is 13.8. The van der Waals surface area contributed by atoms with Crippen LogP contribution in [0.2, 0.25) is 5.28 Å². The smallest absolute Gasteiger partial charge is 0.322 e. The standard InChI is InChI=1S/C13H21ClN4O/c1-4-8-19-13-16-11(14)15-12(17-13)18-7-5-6-10(18)9(2)3/h9-10H,4-8H2,1-3H3. The normalized spacial score (nSPS) is 19.2. The molecule has 0 amide bonds. The van der Waals surface area contributed by atoms with Crippen LogP contribution in [0, 0.1) is 5.92 Å². The van der Waals surface area contributed by atoms with Crippen molar-refractivity contribution in [2.75, 3.05) is 18.1 Å². The second-order valence-corrected chi connectivity index (χ2v) is 5.52. The Kier molecular flexibility index (Phi) is 4.80. The molecule has 0 saturated carbocycles. The van der Waals surface area contributed by atoms with Crippen LogP contribution in [0.1, 0.15) is 40.0 Å². The van der Waals surface area contributed by atoms with Crippen LogP contribution in [0.3, 0.4) is 0 Å². The summed E-state index contributed by atoms with van der Waals surface area (Å²) >= 11 is 5.97. The molecule has 6 heteroatoms. The van der Waals surface area contributed by atoms with Crippen molar-refractivity contribution < 1.29 is 4.74 Å². The van der Waals surface area contributed by atoms with Crippen molar-refractivity contribution in [1.29, 1.82) is 0 Å². The van der Waals surface area contributed by atoms with E-state index in [0.717, 1.165) is 19.4 Å². The quantitative estimate of drug-likeness (QED) is 0.832. The van der Waals surface area contributed by atoms with E-state index in [4.69, 9.17) is 16.3 Å². The van der Waals surface area contributed by atoms with E-state index in [-0.39, 0.29) is 5.28 Å². The molecule has 1 fully saturated rings. The van der Waals surface area contributed by atoms with Crippen LogP contribution in [-0.4, -0.2) is 34.1 Å². The molecule has 0 N–H and O–H groups in total. The molecule has 2 rings (SSSR count). The molecule has 0 radical (unpaired) electrons. The molecule has 1 unspecified atom stereocenters. The minimum absolute atomic E-state index is 0.200. The largest absolute Gasteiger partial charge is 0.463 e. The van der Waals surface area contributed by atoms with E-state index in [0.29, 0.717) is 30.5 Å². The summed E-state index contributed by atoms with van der Waals surface area (Å²) in [5, 5.41) is 0.200. The fourth-order valence-corrected chi connectivity index (χ4v) is 2.59. The molecule has 1 aliphatic heterocycles. The van der Waals surface area contributed by atoms with Crippen LogP contribution < -0.4 is 9.64 Å². The molecule has 1 aromatic heterocycles. The van der Waals surface area contributed by atoms with Gasteiger partial charge in [-0.15, -0.1) is 0 Å². The highest BCUT2D eigenvalue weighted by molar-refractivity contribution is 6.28. The lowest BCUT2D eigenvalue weighted by molar-refractivity contribution is 0.291. The lowest BCUT2D eigenvalue weighted by Crippen LogP contribution is -2.34. The van der Waals surface area contributed by atoms with Gasteiger partial charge in [0.15, 0.2) is 0 Å². The molecule has 1 saturated heterocycles. The highest BCUT2D eigenvalue weighted by Crippen LogP contribution is 2.28. The molecule has 1 atom stereocenters. The number of hydrogen-bond donors (Lipinski definition) is 0. The van der Waals surface area contributed by atoms with Gasteiger partial charge in [-0.1, -0.05) is 20.8 Å². The number of hydrogen-bond acceptors (Lipinski definition) is 5. The van der Waals surface area contributed by atoms with E-state index < -0.39 is 0 Å². The number of ether oxygens (including phenoxy) is 1. The molecule has 5 nitrogen and oxygen atoms in total. The predicted octanol–water partition coefficient (Wildman–Crippen LogP) is 2.94. The van der Waals surface area contributed by atoms with Gasteiger partial charge in [-0.25, -0.2) is 0 Å². The first-order valence-corrected chi connectivity index (χ1v) is 7.30. The van der Waals surface area contributed by atoms with Crippen LogP contribution >= 0.6 is 11.6 Å². The Morgan fingerprint density at radius 2 is 2.16 bits per heavy atom.